The average Bonchev–Trinajstić information content (AvgIpc) is 2.17. The van der Waals surface area contributed by atoms with E-state index in [-0.39, 0.29) is 0 Å². The fourth-order valence-electron chi connectivity index (χ4n) is 1.80. The molecule has 0 saturated carbocycles. The molecule has 1 unspecified atom stereocenters. The van der Waals surface area contributed by atoms with Crippen molar-refractivity contribution >= 4 is 11.6 Å². The number of ether oxygens (including phenoxy) is 1. The molecule has 0 N–H and O–H groups in total. The quantitative estimate of drug-likeness (QED) is 0.721. The predicted molar refractivity (Wildman–Crippen MR) is 59.9 cm³/mol. The Morgan fingerprint density at radius 1 is 1.60 bits per heavy atom. The molecule has 0 bridgehead atoms. The molecule has 3 nitrogen and oxygen atoms in total. The first-order valence-corrected chi connectivity index (χ1v) is 5.57. The van der Waals surface area contributed by atoms with Crippen LogP contribution in [0.2, 0.25) is 5.15 Å². The van der Waals surface area contributed by atoms with Gasteiger partial charge in [-0.3, -0.25) is 4.90 Å². The largest absolute Gasteiger partial charge is 0.376 e. The molecule has 0 aliphatic carbocycles. The van der Waals surface area contributed by atoms with Crippen molar-refractivity contribution in [3.8, 4) is 0 Å². The van der Waals surface area contributed by atoms with Gasteiger partial charge in [0.15, 0.2) is 0 Å². The monoisotopic (exact) mass is 226 g/mol. The lowest BCUT2D eigenvalue weighted by atomic mass is 10.2. The Labute approximate surface area is 95.0 Å². The van der Waals surface area contributed by atoms with Gasteiger partial charge in [-0.05, 0) is 19.1 Å². The molecule has 0 aromatic carbocycles. The van der Waals surface area contributed by atoms with Gasteiger partial charge < -0.3 is 4.74 Å². The minimum Gasteiger partial charge on any atom is -0.376 e. The average molecular weight is 227 g/mol. The zero-order chi connectivity index (χ0) is 10.7. The summed E-state index contributed by atoms with van der Waals surface area (Å²) in [4.78, 5) is 6.62. The first-order chi connectivity index (χ1) is 7.24. The van der Waals surface area contributed by atoms with E-state index >= 15 is 0 Å². The van der Waals surface area contributed by atoms with Crippen LogP contribution < -0.4 is 0 Å². The van der Waals surface area contributed by atoms with Gasteiger partial charge in [0.25, 0.3) is 0 Å². The molecule has 1 aliphatic rings. The molecule has 82 valence electrons. The van der Waals surface area contributed by atoms with Crippen LogP contribution in [0.1, 0.15) is 12.6 Å². The Kier molecular flexibility index (Phi) is 3.57. The summed E-state index contributed by atoms with van der Waals surface area (Å²) >= 11 is 5.84. The second-order valence-corrected chi connectivity index (χ2v) is 4.26. The highest BCUT2D eigenvalue weighted by Crippen LogP contribution is 2.10. The molecule has 1 aliphatic heterocycles. The minimum atomic E-state index is 0.318. The maximum atomic E-state index is 5.84. The second-order valence-electron chi connectivity index (χ2n) is 3.87. The lowest BCUT2D eigenvalue weighted by Gasteiger charge is -2.30. The molecule has 15 heavy (non-hydrogen) atoms. The molecule has 2 rings (SSSR count). The number of hydrogen-bond acceptors (Lipinski definition) is 3. The van der Waals surface area contributed by atoms with E-state index in [0.29, 0.717) is 11.3 Å². The van der Waals surface area contributed by atoms with Crippen LogP contribution in [0.25, 0.3) is 0 Å². The highest BCUT2D eigenvalue weighted by molar-refractivity contribution is 6.29. The van der Waals surface area contributed by atoms with Crippen molar-refractivity contribution < 1.29 is 4.74 Å². The van der Waals surface area contributed by atoms with Crippen LogP contribution in [-0.2, 0) is 11.3 Å². The highest BCUT2D eigenvalue weighted by Gasteiger charge is 2.16. The van der Waals surface area contributed by atoms with E-state index in [4.69, 9.17) is 16.3 Å². The van der Waals surface area contributed by atoms with Gasteiger partial charge in [0.05, 0.1) is 18.4 Å². The summed E-state index contributed by atoms with van der Waals surface area (Å²) < 4.78 is 5.48. The summed E-state index contributed by atoms with van der Waals surface area (Å²) in [6, 6.07) is 5.74. The van der Waals surface area contributed by atoms with Gasteiger partial charge in [0, 0.05) is 19.6 Å². The van der Waals surface area contributed by atoms with Crippen molar-refractivity contribution in [2.75, 3.05) is 19.7 Å². The van der Waals surface area contributed by atoms with Crippen LogP contribution in [0.3, 0.4) is 0 Å². The number of pyridine rings is 1. The summed E-state index contributed by atoms with van der Waals surface area (Å²) in [5.74, 6) is 0. The van der Waals surface area contributed by atoms with Crippen molar-refractivity contribution in [3.05, 3.63) is 29.0 Å². The van der Waals surface area contributed by atoms with Gasteiger partial charge in [-0.2, -0.15) is 0 Å². The van der Waals surface area contributed by atoms with Gasteiger partial charge >= 0.3 is 0 Å². The fraction of sp³-hybridized carbons (Fsp3) is 0.545. The molecule has 1 atom stereocenters. The lowest BCUT2D eigenvalue weighted by molar-refractivity contribution is -0.0215. The van der Waals surface area contributed by atoms with Crippen LogP contribution in [-0.4, -0.2) is 35.7 Å². The van der Waals surface area contributed by atoms with Gasteiger partial charge in [-0.15, -0.1) is 0 Å². The zero-order valence-corrected chi connectivity index (χ0v) is 9.57. The third-order valence-electron chi connectivity index (χ3n) is 2.48. The standard InChI is InChI=1S/C11H15ClN2O/c1-9-7-14(5-6-15-9)8-10-3-2-4-11(12)13-10/h2-4,9H,5-8H2,1H3. The van der Waals surface area contributed by atoms with Crippen molar-refractivity contribution in [2.45, 2.75) is 19.6 Å². The summed E-state index contributed by atoms with van der Waals surface area (Å²) in [6.07, 6.45) is 0.318. The van der Waals surface area contributed by atoms with Crippen molar-refractivity contribution in [3.63, 3.8) is 0 Å². The minimum absolute atomic E-state index is 0.318. The summed E-state index contributed by atoms with van der Waals surface area (Å²) in [5.41, 5.74) is 1.02. The number of morpholine rings is 1. The topological polar surface area (TPSA) is 25.4 Å². The SMILES string of the molecule is CC1CN(Cc2cccc(Cl)n2)CCO1. The van der Waals surface area contributed by atoms with E-state index in [0.717, 1.165) is 31.9 Å². The third kappa shape index (κ3) is 3.16. The van der Waals surface area contributed by atoms with Crippen LogP contribution in [0, 0.1) is 0 Å². The van der Waals surface area contributed by atoms with Crippen molar-refractivity contribution in [1.29, 1.82) is 0 Å². The molecule has 0 radical (unpaired) electrons. The van der Waals surface area contributed by atoms with Gasteiger partial charge in [0.1, 0.15) is 5.15 Å². The summed E-state index contributed by atoms with van der Waals surface area (Å²) in [5, 5.41) is 0.564. The number of rotatable bonds is 2. The Morgan fingerprint density at radius 3 is 3.20 bits per heavy atom. The Morgan fingerprint density at radius 2 is 2.47 bits per heavy atom. The van der Waals surface area contributed by atoms with E-state index in [1.54, 1.807) is 6.07 Å². The van der Waals surface area contributed by atoms with Gasteiger partial charge in [-0.1, -0.05) is 17.7 Å². The molecular formula is C11H15ClN2O. The Balaban J connectivity index is 1.96. The number of aromatic nitrogens is 1. The van der Waals surface area contributed by atoms with Gasteiger partial charge in [0.2, 0.25) is 0 Å². The second kappa shape index (κ2) is 4.92. The molecule has 1 aromatic heterocycles. The molecule has 1 aromatic rings. The highest BCUT2D eigenvalue weighted by atomic mass is 35.5. The van der Waals surface area contributed by atoms with Crippen molar-refractivity contribution in [2.24, 2.45) is 0 Å². The van der Waals surface area contributed by atoms with E-state index in [2.05, 4.69) is 16.8 Å². The molecule has 0 amide bonds. The van der Waals surface area contributed by atoms with Gasteiger partial charge in [-0.25, -0.2) is 4.98 Å². The van der Waals surface area contributed by atoms with Crippen LogP contribution in [0.15, 0.2) is 18.2 Å². The normalized spacial score (nSPS) is 22.9. The third-order valence-corrected chi connectivity index (χ3v) is 2.69. The molecule has 1 fully saturated rings. The zero-order valence-electron chi connectivity index (χ0n) is 8.82. The Hall–Kier alpha value is -0.640. The fourth-order valence-corrected chi connectivity index (χ4v) is 1.98. The molecule has 1 saturated heterocycles. The van der Waals surface area contributed by atoms with Crippen molar-refractivity contribution in [1.82, 2.24) is 9.88 Å². The molecule has 4 heteroatoms. The number of halogens is 1. The number of nitrogens with zero attached hydrogens (tertiary/aromatic N) is 2. The molecule has 0 spiro atoms. The summed E-state index contributed by atoms with van der Waals surface area (Å²) in [6.45, 7) is 5.69. The summed E-state index contributed by atoms with van der Waals surface area (Å²) in [7, 11) is 0. The van der Waals surface area contributed by atoms with Crippen LogP contribution in [0.4, 0.5) is 0 Å². The maximum Gasteiger partial charge on any atom is 0.129 e. The van der Waals surface area contributed by atoms with E-state index < -0.39 is 0 Å². The van der Waals surface area contributed by atoms with E-state index in [1.807, 2.05) is 12.1 Å². The predicted octanol–water partition coefficient (Wildman–Crippen LogP) is 1.96. The van der Waals surface area contributed by atoms with Crippen LogP contribution >= 0.6 is 11.6 Å². The first kappa shape index (κ1) is 10.9. The van der Waals surface area contributed by atoms with Crippen LogP contribution in [0.5, 0.6) is 0 Å². The smallest absolute Gasteiger partial charge is 0.129 e. The number of hydrogen-bond donors (Lipinski definition) is 0. The Bertz CT molecular complexity index is 332. The first-order valence-electron chi connectivity index (χ1n) is 5.19. The van der Waals surface area contributed by atoms with E-state index in [1.165, 1.54) is 0 Å². The molecular weight excluding hydrogens is 212 g/mol. The maximum absolute atomic E-state index is 5.84. The lowest BCUT2D eigenvalue weighted by Crippen LogP contribution is -2.40. The molecule has 2 heterocycles. The van der Waals surface area contributed by atoms with E-state index in [9.17, 15) is 0 Å².